The molecule has 0 aromatic carbocycles. The van der Waals surface area contributed by atoms with Gasteiger partial charge in [-0.1, -0.05) is 13.8 Å². The lowest BCUT2D eigenvalue weighted by atomic mass is 9.92. The minimum atomic E-state index is -3.27. The van der Waals surface area contributed by atoms with Gasteiger partial charge in [-0.25, -0.2) is 22.9 Å². The molecule has 5 N–H and O–H groups in total. The summed E-state index contributed by atoms with van der Waals surface area (Å²) in [7, 11) is -3.27. The van der Waals surface area contributed by atoms with E-state index in [1.807, 2.05) is 19.9 Å². The SMILES string of the molecule is CC(C)CS(=O)(=O)NC1CCC(Nc2cc(=NC3CC3)n3nc/c(=C/c4[nH]c(=O)[nH]c4O)c3n2)CC1. The van der Waals surface area contributed by atoms with Gasteiger partial charge in [0.1, 0.15) is 11.5 Å². The van der Waals surface area contributed by atoms with Gasteiger partial charge in [0.25, 0.3) is 0 Å². The van der Waals surface area contributed by atoms with E-state index in [-0.39, 0.29) is 41.4 Å². The molecule has 2 saturated carbocycles. The van der Waals surface area contributed by atoms with Crippen molar-refractivity contribution in [1.29, 1.82) is 0 Å². The quantitative estimate of drug-likeness (QED) is 0.288. The second-order valence-electron chi connectivity index (χ2n) is 10.2. The maximum Gasteiger partial charge on any atom is 0.326 e. The first kappa shape index (κ1) is 24.5. The Morgan fingerprint density at radius 3 is 2.56 bits per heavy atom. The zero-order chi connectivity index (χ0) is 25.4. The molecule has 13 heteroatoms. The van der Waals surface area contributed by atoms with Crippen LogP contribution in [0.2, 0.25) is 0 Å². The third-order valence-electron chi connectivity index (χ3n) is 6.36. The molecule has 12 nitrogen and oxygen atoms in total. The number of nitrogens with zero attached hydrogens (tertiary/aromatic N) is 4. The second kappa shape index (κ2) is 9.69. The van der Waals surface area contributed by atoms with Crippen LogP contribution in [0.25, 0.3) is 11.7 Å². The molecule has 0 unspecified atom stereocenters. The summed E-state index contributed by atoms with van der Waals surface area (Å²) in [5.74, 6) is 0.635. The highest BCUT2D eigenvalue weighted by Crippen LogP contribution is 2.24. The third kappa shape index (κ3) is 5.78. The molecule has 0 aliphatic heterocycles. The molecule has 0 amide bonds. The average Bonchev–Trinajstić information content (AvgIpc) is 3.42. The summed E-state index contributed by atoms with van der Waals surface area (Å²) >= 11 is 0. The number of nitrogens with one attached hydrogen (secondary N) is 4. The van der Waals surface area contributed by atoms with Crippen LogP contribution in [0.5, 0.6) is 5.88 Å². The fraction of sp³-hybridized carbons (Fsp3) is 0.565. The van der Waals surface area contributed by atoms with E-state index < -0.39 is 15.7 Å². The van der Waals surface area contributed by atoms with Crippen molar-refractivity contribution >= 4 is 27.6 Å². The van der Waals surface area contributed by atoms with Gasteiger partial charge in [-0.3, -0.25) is 9.98 Å². The Morgan fingerprint density at radius 1 is 1.19 bits per heavy atom. The van der Waals surface area contributed by atoms with Gasteiger partial charge in [-0.15, -0.1) is 0 Å². The first-order chi connectivity index (χ1) is 17.1. The number of aromatic amines is 2. The summed E-state index contributed by atoms with van der Waals surface area (Å²) in [5.41, 5.74) is 0.980. The van der Waals surface area contributed by atoms with Gasteiger partial charge in [-0.05, 0) is 50.5 Å². The molecular formula is C23H32N8O4S. The van der Waals surface area contributed by atoms with Gasteiger partial charge in [0.15, 0.2) is 11.1 Å². The van der Waals surface area contributed by atoms with E-state index in [2.05, 4.69) is 25.1 Å². The van der Waals surface area contributed by atoms with Crippen molar-refractivity contribution in [2.75, 3.05) is 11.1 Å². The Hall–Kier alpha value is -3.19. The number of anilines is 1. The van der Waals surface area contributed by atoms with Crippen molar-refractivity contribution in [3.63, 3.8) is 0 Å². The highest BCUT2D eigenvalue weighted by Gasteiger charge is 2.26. The number of fused-ring (bicyclic) bond motifs is 1. The van der Waals surface area contributed by atoms with Crippen molar-refractivity contribution in [3.05, 3.63) is 39.1 Å². The van der Waals surface area contributed by atoms with Crippen LogP contribution in [-0.2, 0) is 10.0 Å². The highest BCUT2D eigenvalue weighted by molar-refractivity contribution is 7.89. The largest absolute Gasteiger partial charge is 0.493 e. The normalized spacial score (nSPS) is 22.1. The van der Waals surface area contributed by atoms with Crippen LogP contribution in [0.3, 0.4) is 0 Å². The molecule has 0 saturated heterocycles. The predicted octanol–water partition coefficient (Wildman–Crippen LogP) is 0.361. The molecule has 0 radical (unpaired) electrons. The standard InChI is InChI=1S/C23H32N8O4S/c1-13(2)12-36(34,35)30-17-7-5-15(6-8-17)25-19-10-20(26-16-3-4-16)31-21(28-19)14(11-24-31)9-18-22(32)29-23(33)27-18/h9-11,13,15-17,25,30,32H,3-8,12H2,1-2H3,(H2,27,29,33)/b14-9-,26-20?. The lowest BCUT2D eigenvalue weighted by Gasteiger charge is -2.30. The molecule has 36 heavy (non-hydrogen) atoms. The van der Waals surface area contributed by atoms with Crippen molar-refractivity contribution in [2.45, 2.75) is 70.5 Å². The Kier molecular flexibility index (Phi) is 6.60. The van der Waals surface area contributed by atoms with E-state index in [1.54, 1.807) is 16.8 Å². The van der Waals surface area contributed by atoms with Crippen LogP contribution in [0.1, 0.15) is 58.1 Å². The number of rotatable bonds is 8. The van der Waals surface area contributed by atoms with Crippen LogP contribution in [-0.4, -0.2) is 62.0 Å². The van der Waals surface area contributed by atoms with Crippen LogP contribution >= 0.6 is 0 Å². The van der Waals surface area contributed by atoms with Gasteiger partial charge in [-0.2, -0.15) is 9.61 Å². The maximum atomic E-state index is 12.3. The fourth-order valence-corrected chi connectivity index (χ4v) is 6.29. The molecule has 3 heterocycles. The molecule has 0 bridgehead atoms. The van der Waals surface area contributed by atoms with E-state index in [0.717, 1.165) is 38.5 Å². The number of hydrogen-bond donors (Lipinski definition) is 5. The predicted molar refractivity (Wildman–Crippen MR) is 135 cm³/mol. The number of hydrogen-bond acceptors (Lipinski definition) is 8. The van der Waals surface area contributed by atoms with Crippen molar-refractivity contribution < 1.29 is 13.5 Å². The summed E-state index contributed by atoms with van der Waals surface area (Å²) in [6.45, 7) is 3.80. The summed E-state index contributed by atoms with van der Waals surface area (Å²) in [4.78, 5) is 25.9. The first-order valence-electron chi connectivity index (χ1n) is 12.4. The molecule has 5 rings (SSSR count). The molecule has 0 atom stereocenters. The van der Waals surface area contributed by atoms with Gasteiger partial charge in [0, 0.05) is 23.4 Å². The Morgan fingerprint density at radius 2 is 1.92 bits per heavy atom. The summed E-state index contributed by atoms with van der Waals surface area (Å²) < 4.78 is 29.1. The number of imidazole rings is 1. The lowest BCUT2D eigenvalue weighted by Crippen LogP contribution is -2.41. The molecule has 2 aliphatic carbocycles. The Bertz CT molecular complexity index is 1530. The van der Waals surface area contributed by atoms with Crippen molar-refractivity contribution in [2.24, 2.45) is 10.9 Å². The minimum Gasteiger partial charge on any atom is -0.493 e. The number of aromatic hydroxyl groups is 1. The van der Waals surface area contributed by atoms with E-state index in [9.17, 15) is 18.3 Å². The zero-order valence-electron chi connectivity index (χ0n) is 20.4. The number of aromatic nitrogens is 5. The maximum absolute atomic E-state index is 12.3. The van der Waals surface area contributed by atoms with Gasteiger partial charge < -0.3 is 15.4 Å². The van der Waals surface area contributed by atoms with Crippen LogP contribution in [0.15, 0.2) is 22.1 Å². The van der Waals surface area contributed by atoms with E-state index >= 15 is 0 Å². The van der Waals surface area contributed by atoms with E-state index in [4.69, 9.17) is 9.98 Å². The lowest BCUT2D eigenvalue weighted by molar-refractivity contribution is 0.386. The highest BCUT2D eigenvalue weighted by atomic mass is 32.2. The molecule has 3 aromatic rings. The minimum absolute atomic E-state index is 0.0464. The molecule has 2 fully saturated rings. The fourth-order valence-electron chi connectivity index (χ4n) is 4.58. The van der Waals surface area contributed by atoms with E-state index in [0.29, 0.717) is 22.2 Å². The Balaban J connectivity index is 1.38. The van der Waals surface area contributed by atoms with Crippen LogP contribution < -0.4 is 26.4 Å². The molecule has 194 valence electrons. The van der Waals surface area contributed by atoms with Crippen LogP contribution in [0, 0.1) is 5.92 Å². The second-order valence-corrected chi connectivity index (χ2v) is 12.0. The molecule has 0 spiro atoms. The number of H-pyrrole nitrogens is 2. The van der Waals surface area contributed by atoms with Gasteiger partial charge in [0.05, 0.1) is 18.0 Å². The van der Waals surface area contributed by atoms with Crippen LogP contribution in [0.4, 0.5) is 5.82 Å². The average molecular weight is 517 g/mol. The summed E-state index contributed by atoms with van der Waals surface area (Å²) in [6.07, 6.45) is 8.45. The number of sulfonamides is 1. The smallest absolute Gasteiger partial charge is 0.326 e. The van der Waals surface area contributed by atoms with Crippen molar-refractivity contribution in [1.82, 2.24) is 29.3 Å². The molecular weight excluding hydrogens is 484 g/mol. The van der Waals surface area contributed by atoms with Gasteiger partial charge >= 0.3 is 5.69 Å². The summed E-state index contributed by atoms with van der Waals surface area (Å²) in [6, 6.07) is 2.27. The third-order valence-corrected chi connectivity index (χ3v) is 8.15. The Labute approximate surface area is 208 Å². The topological polar surface area (TPSA) is 170 Å². The molecule has 2 aliphatic rings. The first-order valence-corrected chi connectivity index (χ1v) is 14.0. The monoisotopic (exact) mass is 516 g/mol. The summed E-state index contributed by atoms with van der Waals surface area (Å²) in [5, 5.41) is 18.5. The van der Waals surface area contributed by atoms with E-state index in [1.165, 1.54) is 0 Å². The van der Waals surface area contributed by atoms with Gasteiger partial charge in [0.2, 0.25) is 15.9 Å². The molecule has 3 aromatic heterocycles. The zero-order valence-corrected chi connectivity index (χ0v) is 21.2. The van der Waals surface area contributed by atoms with Crippen molar-refractivity contribution in [3.8, 4) is 5.88 Å².